The first-order chi connectivity index (χ1) is 19.5. The maximum atomic E-state index is 13.0. The van der Waals surface area contributed by atoms with E-state index in [0.29, 0.717) is 29.3 Å². The number of halogens is 2. The van der Waals surface area contributed by atoms with Crippen LogP contribution in [0, 0.1) is 5.82 Å². The molecule has 40 heavy (non-hydrogen) atoms. The number of nitrogens with zero attached hydrogens (tertiary/aromatic N) is 2. The molecule has 3 rings (SSSR count). The van der Waals surface area contributed by atoms with Crippen molar-refractivity contribution in [3.05, 3.63) is 83.1 Å². The van der Waals surface area contributed by atoms with E-state index >= 15 is 0 Å². The summed E-state index contributed by atoms with van der Waals surface area (Å²) in [5.74, 6) is 0.186. The quantitative estimate of drug-likeness (QED) is 0.0665. The van der Waals surface area contributed by atoms with Crippen molar-refractivity contribution in [1.82, 2.24) is 0 Å². The van der Waals surface area contributed by atoms with Crippen LogP contribution in [0.25, 0.3) is 0 Å². The SMILES string of the molecule is CCCCCCCCCCCCCCOc1ccc(C(=O)Oc2ccc(N=Nc3ccc(F)cc3)c(Cl)c2)cc1. The standard InChI is InChI=1S/C33H40ClFN2O3/c1-2-3-4-5-6-7-8-9-10-11-12-13-24-39-29-20-14-26(15-21-29)33(38)40-30-22-23-32(31(34)25-30)37-36-28-18-16-27(35)17-19-28/h14-23,25H,2-13,24H2,1H3. The largest absolute Gasteiger partial charge is 0.494 e. The Balaban J connectivity index is 1.32. The Morgan fingerprint density at radius 3 is 1.90 bits per heavy atom. The minimum Gasteiger partial charge on any atom is -0.494 e. The fraction of sp³-hybridized carbons (Fsp3) is 0.424. The number of rotatable bonds is 18. The number of carbonyl (C=O) groups is 1. The van der Waals surface area contributed by atoms with Crippen molar-refractivity contribution in [3.8, 4) is 11.5 Å². The molecular formula is C33H40ClFN2O3. The number of azo groups is 1. The molecule has 0 saturated heterocycles. The van der Waals surface area contributed by atoms with E-state index in [0.717, 1.165) is 12.2 Å². The highest BCUT2D eigenvalue weighted by molar-refractivity contribution is 6.33. The van der Waals surface area contributed by atoms with Crippen molar-refractivity contribution in [2.24, 2.45) is 10.2 Å². The van der Waals surface area contributed by atoms with Gasteiger partial charge in [0.2, 0.25) is 0 Å². The molecule has 0 aromatic heterocycles. The molecule has 214 valence electrons. The van der Waals surface area contributed by atoms with Gasteiger partial charge in [0.05, 0.1) is 22.9 Å². The van der Waals surface area contributed by atoms with Gasteiger partial charge in [-0.2, -0.15) is 5.11 Å². The van der Waals surface area contributed by atoms with E-state index in [1.54, 1.807) is 36.4 Å². The molecule has 0 saturated carbocycles. The summed E-state index contributed by atoms with van der Waals surface area (Å²) in [6, 6.07) is 17.3. The highest BCUT2D eigenvalue weighted by Crippen LogP contribution is 2.31. The lowest BCUT2D eigenvalue weighted by atomic mass is 10.1. The Morgan fingerprint density at radius 2 is 1.30 bits per heavy atom. The maximum Gasteiger partial charge on any atom is 0.343 e. The molecule has 0 spiro atoms. The van der Waals surface area contributed by atoms with Crippen molar-refractivity contribution in [2.45, 2.75) is 84.0 Å². The average molecular weight is 567 g/mol. The van der Waals surface area contributed by atoms with E-state index in [2.05, 4.69) is 17.2 Å². The second kappa shape index (κ2) is 18.2. The van der Waals surface area contributed by atoms with Crippen molar-refractivity contribution >= 4 is 28.9 Å². The molecule has 3 aromatic carbocycles. The molecule has 0 aliphatic heterocycles. The van der Waals surface area contributed by atoms with Gasteiger partial charge in [0.15, 0.2) is 0 Å². The second-order valence-electron chi connectivity index (χ2n) is 9.94. The normalized spacial score (nSPS) is 11.2. The number of carbonyl (C=O) groups excluding carboxylic acids is 1. The Labute approximate surface area is 242 Å². The lowest BCUT2D eigenvalue weighted by molar-refractivity contribution is 0.0734. The third kappa shape index (κ3) is 11.9. The second-order valence-corrected chi connectivity index (χ2v) is 10.3. The van der Waals surface area contributed by atoms with Crippen LogP contribution >= 0.6 is 11.6 Å². The first kappa shape index (κ1) is 31.3. The first-order valence-corrected chi connectivity index (χ1v) is 14.8. The Kier molecular flexibility index (Phi) is 14.2. The zero-order valence-corrected chi connectivity index (χ0v) is 24.2. The number of hydrogen-bond donors (Lipinski definition) is 0. The van der Waals surface area contributed by atoms with Crippen LogP contribution in [0.5, 0.6) is 11.5 Å². The van der Waals surface area contributed by atoms with Crippen LogP contribution < -0.4 is 9.47 Å². The summed E-state index contributed by atoms with van der Waals surface area (Å²) < 4.78 is 24.3. The molecule has 7 heteroatoms. The number of hydrogen-bond acceptors (Lipinski definition) is 5. The van der Waals surface area contributed by atoms with Gasteiger partial charge in [0.1, 0.15) is 23.0 Å². The number of benzene rings is 3. The molecular weight excluding hydrogens is 527 g/mol. The minimum absolute atomic E-state index is 0.276. The van der Waals surface area contributed by atoms with Crippen molar-refractivity contribution in [2.75, 3.05) is 6.61 Å². The van der Waals surface area contributed by atoms with Gasteiger partial charge < -0.3 is 9.47 Å². The highest BCUT2D eigenvalue weighted by atomic mass is 35.5. The summed E-state index contributed by atoms with van der Waals surface area (Å²) in [4.78, 5) is 12.6. The zero-order valence-electron chi connectivity index (χ0n) is 23.4. The molecule has 0 fully saturated rings. The van der Waals surface area contributed by atoms with Crippen LogP contribution in [-0.4, -0.2) is 12.6 Å². The summed E-state index contributed by atoms with van der Waals surface area (Å²) in [6.45, 7) is 2.93. The predicted molar refractivity (Wildman–Crippen MR) is 160 cm³/mol. The van der Waals surface area contributed by atoms with Gasteiger partial charge in [-0.1, -0.05) is 89.2 Å². The van der Waals surface area contributed by atoms with E-state index in [1.165, 1.54) is 101 Å². The van der Waals surface area contributed by atoms with Gasteiger partial charge in [-0.25, -0.2) is 9.18 Å². The molecule has 0 radical (unpaired) electrons. The number of ether oxygens (including phenoxy) is 2. The number of esters is 1. The maximum absolute atomic E-state index is 13.0. The molecule has 0 atom stereocenters. The van der Waals surface area contributed by atoms with E-state index in [4.69, 9.17) is 21.1 Å². The molecule has 0 unspecified atom stereocenters. The third-order valence-electron chi connectivity index (χ3n) is 6.59. The molecule has 3 aromatic rings. The van der Waals surface area contributed by atoms with Gasteiger partial charge in [-0.3, -0.25) is 0 Å². The van der Waals surface area contributed by atoms with Crippen molar-refractivity contribution < 1.29 is 18.7 Å². The van der Waals surface area contributed by atoms with Gasteiger partial charge in [-0.15, -0.1) is 5.11 Å². The van der Waals surface area contributed by atoms with Gasteiger partial charge >= 0.3 is 5.97 Å². The molecule has 0 aliphatic rings. The topological polar surface area (TPSA) is 60.2 Å². The summed E-state index contributed by atoms with van der Waals surface area (Å²) in [5, 5.41) is 8.39. The minimum atomic E-state index is -0.496. The van der Waals surface area contributed by atoms with Crippen LogP contribution in [-0.2, 0) is 0 Å². The van der Waals surface area contributed by atoms with Crippen LogP contribution in [0.1, 0.15) is 94.3 Å². The fourth-order valence-corrected chi connectivity index (χ4v) is 4.45. The van der Waals surface area contributed by atoms with Crippen molar-refractivity contribution in [3.63, 3.8) is 0 Å². The van der Waals surface area contributed by atoms with Gasteiger partial charge in [0, 0.05) is 6.07 Å². The van der Waals surface area contributed by atoms with E-state index in [1.807, 2.05) is 0 Å². The van der Waals surface area contributed by atoms with E-state index < -0.39 is 5.97 Å². The zero-order chi connectivity index (χ0) is 28.4. The van der Waals surface area contributed by atoms with Crippen LogP contribution in [0.2, 0.25) is 5.02 Å². The van der Waals surface area contributed by atoms with E-state index in [-0.39, 0.29) is 10.8 Å². The summed E-state index contributed by atoms with van der Waals surface area (Å²) >= 11 is 6.28. The summed E-state index contributed by atoms with van der Waals surface area (Å²) in [5.41, 5.74) is 1.31. The Morgan fingerprint density at radius 1 is 0.725 bits per heavy atom. The Hall–Kier alpha value is -3.25. The molecule has 0 heterocycles. The first-order valence-electron chi connectivity index (χ1n) is 14.5. The monoisotopic (exact) mass is 566 g/mol. The Bertz CT molecular complexity index is 1180. The average Bonchev–Trinajstić information content (AvgIpc) is 2.96. The third-order valence-corrected chi connectivity index (χ3v) is 6.89. The van der Waals surface area contributed by atoms with Crippen molar-refractivity contribution in [1.29, 1.82) is 0 Å². The van der Waals surface area contributed by atoms with Crippen LogP contribution in [0.3, 0.4) is 0 Å². The smallest absolute Gasteiger partial charge is 0.343 e. The molecule has 0 bridgehead atoms. The van der Waals surface area contributed by atoms with Gasteiger partial charge in [-0.05, 0) is 67.1 Å². The predicted octanol–water partition coefficient (Wildman–Crippen LogP) is 11.2. The van der Waals surface area contributed by atoms with Gasteiger partial charge in [0.25, 0.3) is 0 Å². The summed E-state index contributed by atoms with van der Waals surface area (Å²) in [6.07, 6.45) is 15.7. The molecule has 0 aliphatic carbocycles. The van der Waals surface area contributed by atoms with Crippen LogP contribution in [0.4, 0.5) is 15.8 Å². The molecule has 0 N–H and O–H groups in total. The fourth-order valence-electron chi connectivity index (χ4n) is 4.24. The lowest BCUT2D eigenvalue weighted by Gasteiger charge is -2.08. The molecule has 5 nitrogen and oxygen atoms in total. The number of unbranched alkanes of at least 4 members (excludes halogenated alkanes) is 11. The lowest BCUT2D eigenvalue weighted by Crippen LogP contribution is -2.08. The van der Waals surface area contributed by atoms with Crippen LogP contribution in [0.15, 0.2) is 77.0 Å². The highest BCUT2D eigenvalue weighted by Gasteiger charge is 2.11. The molecule has 0 amide bonds. The summed E-state index contributed by atoms with van der Waals surface area (Å²) in [7, 11) is 0. The van der Waals surface area contributed by atoms with E-state index in [9.17, 15) is 9.18 Å².